The van der Waals surface area contributed by atoms with Crippen LogP contribution in [0.25, 0.3) is 0 Å². The highest BCUT2D eigenvalue weighted by atomic mass is 28.4. The molecule has 10 atom stereocenters. The maximum absolute atomic E-state index is 13.5. The minimum absolute atomic E-state index is 0.0551. The first-order chi connectivity index (χ1) is 23.5. The molecule has 0 amide bonds. The molecule has 0 aliphatic carbocycles. The third-order valence-electron chi connectivity index (χ3n) is 10.6. The van der Waals surface area contributed by atoms with Crippen LogP contribution < -0.4 is 0 Å². The number of hydrogen-bond acceptors (Lipinski definition) is 10. The van der Waals surface area contributed by atoms with Gasteiger partial charge >= 0.3 is 17.9 Å². The molecule has 0 aromatic carbocycles. The fourth-order valence-corrected chi connectivity index (χ4v) is 7.68. The molecular weight excluding hydrogens is 667 g/mol. The highest BCUT2D eigenvalue weighted by molar-refractivity contribution is 6.74. The summed E-state index contributed by atoms with van der Waals surface area (Å²) < 4.78 is 30.2. The molecule has 0 saturated carbocycles. The molecule has 1 N–H and O–H groups in total. The summed E-state index contributed by atoms with van der Waals surface area (Å²) in [6.45, 7) is 24.1. The normalized spacial score (nSPS) is 30.8. The Kier molecular flexibility index (Phi) is 16.8. The number of rotatable bonds is 14. The summed E-state index contributed by atoms with van der Waals surface area (Å²) in [7, 11) is 1.43. The second kappa shape index (κ2) is 19.1. The van der Waals surface area contributed by atoms with Crippen LogP contribution in [0, 0.1) is 17.8 Å². The summed E-state index contributed by atoms with van der Waals surface area (Å²) in [4.78, 5) is 39.6. The molecule has 292 valence electrons. The average Bonchev–Trinajstić information content (AvgIpc) is 3.75. The van der Waals surface area contributed by atoms with E-state index in [0.29, 0.717) is 6.42 Å². The summed E-state index contributed by atoms with van der Waals surface area (Å²) >= 11 is 0. The monoisotopic (exact) mass is 735 g/mol. The van der Waals surface area contributed by atoms with Crippen molar-refractivity contribution in [2.24, 2.45) is 17.8 Å². The van der Waals surface area contributed by atoms with Crippen molar-refractivity contribution >= 4 is 26.2 Å². The van der Waals surface area contributed by atoms with E-state index in [-0.39, 0.29) is 72.4 Å². The number of esters is 3. The molecular formula is C40H69NO9Si. The number of hydrogen-bond donors (Lipinski definition) is 1. The van der Waals surface area contributed by atoms with Crippen LogP contribution in [-0.2, 0) is 37.8 Å². The minimum Gasteiger partial charge on any atom is -0.461 e. The van der Waals surface area contributed by atoms with Crippen LogP contribution in [0.15, 0.2) is 36.0 Å². The molecule has 1 saturated heterocycles. The van der Waals surface area contributed by atoms with Gasteiger partial charge in [-0.15, -0.1) is 0 Å². The summed E-state index contributed by atoms with van der Waals surface area (Å²) in [5, 5.41) is 11.4. The van der Waals surface area contributed by atoms with Crippen LogP contribution in [0.4, 0.5) is 0 Å². The fraction of sp³-hybridized carbons (Fsp3) is 0.775. The molecule has 0 radical (unpaired) electrons. The molecule has 2 aliphatic rings. The Hall–Kier alpha value is -2.31. The molecule has 2 aliphatic heterocycles. The van der Waals surface area contributed by atoms with E-state index in [2.05, 4.69) is 53.8 Å². The van der Waals surface area contributed by atoms with Gasteiger partial charge in [-0.05, 0) is 89.3 Å². The van der Waals surface area contributed by atoms with Gasteiger partial charge in [0.25, 0.3) is 0 Å². The first-order valence-corrected chi connectivity index (χ1v) is 21.7. The number of ether oxygens (including phenoxy) is 4. The Labute approximate surface area is 309 Å². The van der Waals surface area contributed by atoms with E-state index in [0.717, 1.165) is 18.4 Å². The van der Waals surface area contributed by atoms with E-state index in [1.54, 1.807) is 17.9 Å². The van der Waals surface area contributed by atoms with Crippen molar-refractivity contribution in [3.63, 3.8) is 0 Å². The fourth-order valence-electron chi connectivity index (χ4n) is 6.30. The number of nitrogens with zero attached hydrogens (tertiary/aromatic N) is 1. The van der Waals surface area contributed by atoms with E-state index in [9.17, 15) is 19.5 Å². The van der Waals surface area contributed by atoms with Gasteiger partial charge in [0.1, 0.15) is 23.9 Å². The zero-order valence-electron chi connectivity index (χ0n) is 34.0. The van der Waals surface area contributed by atoms with Gasteiger partial charge in [0.05, 0.1) is 31.3 Å². The molecule has 11 heteroatoms. The predicted octanol–water partition coefficient (Wildman–Crippen LogP) is 7.16. The van der Waals surface area contributed by atoms with E-state index in [1.807, 2.05) is 53.1 Å². The third-order valence-corrected chi connectivity index (χ3v) is 15.1. The zero-order valence-corrected chi connectivity index (χ0v) is 35.0. The van der Waals surface area contributed by atoms with Crippen molar-refractivity contribution in [1.29, 1.82) is 0 Å². The standard InChI is InChI=1S/C40H69NO9Si/c1-15-32(47-36(44)25-41(11)12)29(5)38-33(48-38)23-26(2)17-16-18-27(3)37-28(4)19-20-34(46-30(6)42)40(10,45)22-21-31(24-35(43)49-37)50-51(13,14)39(7,8)9/h16-20,26,28-29,31-34,37-38,45H,15,21-25H2,1-14H3/b17-16+,20-19-,27-18+. The molecule has 2 rings (SSSR count). The Bertz CT molecular complexity index is 1250. The van der Waals surface area contributed by atoms with Gasteiger partial charge in [-0.2, -0.15) is 0 Å². The first kappa shape index (κ1) is 44.8. The highest BCUT2D eigenvalue weighted by Crippen LogP contribution is 2.39. The molecule has 51 heavy (non-hydrogen) atoms. The van der Waals surface area contributed by atoms with E-state index >= 15 is 0 Å². The lowest BCUT2D eigenvalue weighted by molar-refractivity contribution is -0.157. The van der Waals surface area contributed by atoms with Gasteiger partial charge in [0, 0.05) is 18.8 Å². The lowest BCUT2D eigenvalue weighted by Gasteiger charge is -2.40. The number of carbonyl (C=O) groups excluding carboxylic acids is 3. The van der Waals surface area contributed by atoms with E-state index in [1.165, 1.54) is 6.92 Å². The quantitative estimate of drug-likeness (QED) is 0.0491. The first-order valence-electron chi connectivity index (χ1n) is 18.8. The van der Waals surface area contributed by atoms with Crippen molar-refractivity contribution in [3.05, 3.63) is 36.0 Å². The van der Waals surface area contributed by atoms with Crippen LogP contribution in [0.2, 0.25) is 18.1 Å². The Morgan fingerprint density at radius 2 is 1.82 bits per heavy atom. The molecule has 0 spiro atoms. The highest BCUT2D eigenvalue weighted by Gasteiger charge is 2.46. The summed E-state index contributed by atoms with van der Waals surface area (Å²) in [6.07, 6.45) is 10.0. The van der Waals surface area contributed by atoms with Crippen LogP contribution >= 0.6 is 0 Å². The number of cyclic esters (lactones) is 1. The van der Waals surface area contributed by atoms with Crippen molar-refractivity contribution in [1.82, 2.24) is 4.90 Å². The number of aliphatic hydroxyl groups is 1. The maximum atomic E-state index is 13.5. The van der Waals surface area contributed by atoms with Crippen LogP contribution in [0.3, 0.4) is 0 Å². The number of epoxide rings is 1. The Balaban J connectivity index is 2.21. The third kappa shape index (κ3) is 14.6. The van der Waals surface area contributed by atoms with Gasteiger partial charge in [-0.25, -0.2) is 0 Å². The average molecular weight is 736 g/mol. The molecule has 10 nitrogen and oxygen atoms in total. The minimum atomic E-state index is -2.26. The largest absolute Gasteiger partial charge is 0.461 e. The lowest BCUT2D eigenvalue weighted by Crippen LogP contribution is -2.46. The SMILES string of the molecule is CCC(OC(=O)CN(C)C)C(C)C1OC1CC(C)/C=C/C=C(\C)C1OC(=O)CC(O[Si](C)(C)C(C)(C)C)CCC(C)(O)C(OC(C)=O)/C=C\C1C. The second-order valence-electron chi connectivity index (χ2n) is 17.0. The van der Waals surface area contributed by atoms with Gasteiger partial charge in [-0.3, -0.25) is 19.3 Å². The summed E-state index contributed by atoms with van der Waals surface area (Å²) in [5.74, 6) is -1.00. The van der Waals surface area contributed by atoms with Crippen molar-refractivity contribution in [2.45, 2.75) is 162 Å². The van der Waals surface area contributed by atoms with Crippen LogP contribution in [0.5, 0.6) is 0 Å². The number of carbonyl (C=O) groups is 3. The van der Waals surface area contributed by atoms with Crippen LogP contribution in [0.1, 0.15) is 101 Å². The number of allylic oxidation sites excluding steroid dienone is 3. The molecule has 2 heterocycles. The van der Waals surface area contributed by atoms with E-state index in [4.69, 9.17) is 23.4 Å². The maximum Gasteiger partial charge on any atom is 0.320 e. The van der Waals surface area contributed by atoms with Crippen molar-refractivity contribution in [3.8, 4) is 0 Å². The predicted molar refractivity (Wildman–Crippen MR) is 204 cm³/mol. The molecule has 1 fully saturated rings. The van der Waals surface area contributed by atoms with Gasteiger partial charge in [0.15, 0.2) is 8.32 Å². The molecule has 0 aromatic rings. The van der Waals surface area contributed by atoms with Crippen LogP contribution in [-0.4, -0.2) is 99.1 Å². The second-order valence-corrected chi connectivity index (χ2v) is 21.7. The number of likely N-dealkylation sites (N-methyl/N-ethyl adjacent to an activating group) is 1. The zero-order chi connectivity index (χ0) is 38.9. The van der Waals surface area contributed by atoms with Gasteiger partial charge in [0.2, 0.25) is 0 Å². The lowest BCUT2D eigenvalue weighted by atomic mass is 9.88. The Morgan fingerprint density at radius 1 is 1.18 bits per heavy atom. The Morgan fingerprint density at radius 3 is 2.39 bits per heavy atom. The molecule has 0 bridgehead atoms. The molecule has 0 aromatic heterocycles. The van der Waals surface area contributed by atoms with Crippen molar-refractivity contribution in [2.75, 3.05) is 20.6 Å². The van der Waals surface area contributed by atoms with Gasteiger partial charge < -0.3 is 28.5 Å². The van der Waals surface area contributed by atoms with Crippen molar-refractivity contribution < 1.29 is 42.9 Å². The topological polar surface area (TPSA) is 124 Å². The summed E-state index contributed by atoms with van der Waals surface area (Å²) in [6, 6.07) is 0. The van der Waals surface area contributed by atoms with E-state index < -0.39 is 38.2 Å². The summed E-state index contributed by atoms with van der Waals surface area (Å²) in [5.41, 5.74) is -0.506. The smallest absolute Gasteiger partial charge is 0.320 e. The molecule has 10 unspecified atom stereocenters. The van der Waals surface area contributed by atoms with Gasteiger partial charge in [-0.1, -0.05) is 72.8 Å².